The van der Waals surface area contributed by atoms with Gasteiger partial charge in [-0.3, -0.25) is 4.79 Å². The number of esters is 1. The van der Waals surface area contributed by atoms with E-state index in [4.69, 9.17) is 9.47 Å². The molecular weight excluding hydrogens is 312 g/mol. The lowest BCUT2D eigenvalue weighted by Crippen LogP contribution is -2.41. The fourth-order valence-corrected chi connectivity index (χ4v) is 3.15. The van der Waals surface area contributed by atoms with E-state index in [-0.39, 0.29) is 24.7 Å². The zero-order valence-corrected chi connectivity index (χ0v) is 15.6. The predicted octanol–water partition coefficient (Wildman–Crippen LogP) is 5.50. The maximum Gasteiger partial charge on any atom is 0.314 e. The number of rotatable bonds is 4. The Balaban J connectivity index is 0.00000312. The first-order valence-electron chi connectivity index (χ1n) is 8.76. The van der Waals surface area contributed by atoms with Crippen LogP contribution in [0.3, 0.4) is 0 Å². The third kappa shape index (κ3) is 5.43. The van der Waals surface area contributed by atoms with Crippen molar-refractivity contribution in [1.29, 1.82) is 0 Å². The van der Waals surface area contributed by atoms with Crippen LogP contribution in [0.5, 0.6) is 0 Å². The van der Waals surface area contributed by atoms with Crippen molar-refractivity contribution in [2.45, 2.75) is 60.5 Å². The summed E-state index contributed by atoms with van der Waals surface area (Å²) in [6.45, 7) is 11.5. The van der Waals surface area contributed by atoms with Crippen LogP contribution in [0.1, 0.15) is 60.5 Å². The summed E-state index contributed by atoms with van der Waals surface area (Å²) in [5, 5.41) is 0. The highest BCUT2D eigenvalue weighted by Crippen LogP contribution is 2.39. The van der Waals surface area contributed by atoms with E-state index in [1.807, 2.05) is 50.3 Å². The van der Waals surface area contributed by atoms with Gasteiger partial charge in [0, 0.05) is 12.8 Å². The minimum absolute atomic E-state index is 0. The van der Waals surface area contributed by atoms with Gasteiger partial charge >= 0.3 is 5.97 Å². The molecule has 1 heterocycles. The lowest BCUT2D eigenvalue weighted by atomic mass is 9.79. The van der Waals surface area contributed by atoms with Crippen molar-refractivity contribution in [3.8, 4) is 0 Å². The molecule has 3 nitrogen and oxygen atoms in total. The van der Waals surface area contributed by atoms with E-state index < -0.39 is 5.60 Å². The first-order chi connectivity index (χ1) is 11.2. The van der Waals surface area contributed by atoms with Gasteiger partial charge in [-0.05, 0) is 24.8 Å². The summed E-state index contributed by atoms with van der Waals surface area (Å²) in [6.07, 6.45) is 3.43. The van der Waals surface area contributed by atoms with E-state index in [1.165, 1.54) is 0 Å². The molecule has 0 aliphatic carbocycles. The van der Waals surface area contributed by atoms with Crippen molar-refractivity contribution >= 4 is 5.97 Å². The normalized spacial score (nSPS) is 17.8. The molecule has 1 fully saturated rings. The molecule has 0 bridgehead atoms. The smallest absolute Gasteiger partial charge is 0.314 e. The molecule has 1 aromatic carbocycles. The number of carbonyl (C=O) groups is 1. The van der Waals surface area contributed by atoms with Crippen molar-refractivity contribution in [2.75, 3.05) is 13.2 Å². The van der Waals surface area contributed by atoms with Crippen LogP contribution < -0.4 is 0 Å². The first-order valence-corrected chi connectivity index (χ1v) is 8.76. The SMILES string of the molecule is C.CC(C)=CC(C(=O)OC1(c2ccccc2)CCOCC1)C(C)(C)C. The molecular formula is C22H34O3. The van der Waals surface area contributed by atoms with Gasteiger partial charge in [0.05, 0.1) is 19.1 Å². The molecule has 0 aromatic heterocycles. The molecule has 0 saturated carbocycles. The summed E-state index contributed by atoms with van der Waals surface area (Å²) in [6, 6.07) is 10.1. The van der Waals surface area contributed by atoms with Crippen molar-refractivity contribution in [2.24, 2.45) is 11.3 Å². The summed E-state index contributed by atoms with van der Waals surface area (Å²) in [5.74, 6) is -0.402. The molecule has 1 aliphatic heterocycles. The van der Waals surface area contributed by atoms with E-state index >= 15 is 0 Å². The molecule has 1 aliphatic rings. The maximum absolute atomic E-state index is 13.1. The molecule has 2 rings (SSSR count). The van der Waals surface area contributed by atoms with Crippen molar-refractivity contribution < 1.29 is 14.3 Å². The summed E-state index contributed by atoms with van der Waals surface area (Å²) < 4.78 is 11.7. The Morgan fingerprint density at radius 2 is 1.72 bits per heavy atom. The molecule has 1 aromatic rings. The Morgan fingerprint density at radius 1 is 1.16 bits per heavy atom. The Hall–Kier alpha value is -1.61. The van der Waals surface area contributed by atoms with Crippen LogP contribution in [0.4, 0.5) is 0 Å². The Labute approximate surface area is 153 Å². The van der Waals surface area contributed by atoms with Crippen LogP contribution in [-0.2, 0) is 19.9 Å². The number of carbonyl (C=O) groups excluding carboxylic acids is 1. The highest BCUT2D eigenvalue weighted by atomic mass is 16.6. The average Bonchev–Trinajstić information content (AvgIpc) is 2.53. The zero-order chi connectivity index (χ0) is 17.8. The van der Waals surface area contributed by atoms with Gasteiger partial charge in [0.25, 0.3) is 0 Å². The second-order valence-corrected chi connectivity index (χ2v) is 7.98. The number of benzene rings is 1. The van der Waals surface area contributed by atoms with Gasteiger partial charge < -0.3 is 9.47 Å². The molecule has 140 valence electrons. The minimum atomic E-state index is -0.574. The molecule has 1 unspecified atom stereocenters. The lowest BCUT2D eigenvalue weighted by molar-refractivity contribution is -0.178. The zero-order valence-electron chi connectivity index (χ0n) is 15.6. The number of ether oxygens (including phenoxy) is 2. The van der Waals surface area contributed by atoms with Gasteiger partial charge in [-0.1, -0.05) is 70.2 Å². The van der Waals surface area contributed by atoms with E-state index in [9.17, 15) is 4.79 Å². The molecule has 0 N–H and O–H groups in total. The van der Waals surface area contributed by atoms with Crippen LogP contribution in [0.15, 0.2) is 42.0 Å². The number of allylic oxidation sites excluding steroid dienone is 1. The van der Waals surface area contributed by atoms with E-state index in [0.29, 0.717) is 26.1 Å². The van der Waals surface area contributed by atoms with Crippen LogP contribution in [0.2, 0.25) is 0 Å². The van der Waals surface area contributed by atoms with Gasteiger partial charge in [-0.25, -0.2) is 0 Å². The monoisotopic (exact) mass is 346 g/mol. The molecule has 3 heteroatoms. The Bertz CT molecular complexity index is 571. The predicted molar refractivity (Wildman–Crippen MR) is 103 cm³/mol. The molecule has 0 amide bonds. The quantitative estimate of drug-likeness (QED) is 0.533. The molecule has 1 saturated heterocycles. The van der Waals surface area contributed by atoms with Gasteiger partial charge in [-0.2, -0.15) is 0 Å². The van der Waals surface area contributed by atoms with Gasteiger partial charge in [-0.15, -0.1) is 0 Å². The largest absolute Gasteiger partial charge is 0.454 e. The van der Waals surface area contributed by atoms with E-state index in [2.05, 4.69) is 20.8 Å². The third-order valence-corrected chi connectivity index (χ3v) is 4.58. The fourth-order valence-electron chi connectivity index (χ4n) is 3.15. The average molecular weight is 347 g/mol. The summed E-state index contributed by atoms with van der Waals surface area (Å²) >= 11 is 0. The van der Waals surface area contributed by atoms with Crippen molar-refractivity contribution in [1.82, 2.24) is 0 Å². The summed E-state index contributed by atoms with van der Waals surface area (Å²) in [4.78, 5) is 13.1. The highest BCUT2D eigenvalue weighted by Gasteiger charge is 2.41. The minimum Gasteiger partial charge on any atom is -0.454 e. The molecule has 25 heavy (non-hydrogen) atoms. The summed E-state index contributed by atoms with van der Waals surface area (Å²) in [5.41, 5.74) is 1.44. The van der Waals surface area contributed by atoms with Crippen molar-refractivity contribution in [3.05, 3.63) is 47.5 Å². The van der Waals surface area contributed by atoms with E-state index in [1.54, 1.807) is 0 Å². The van der Waals surface area contributed by atoms with Gasteiger partial charge in [0.1, 0.15) is 5.60 Å². The third-order valence-electron chi connectivity index (χ3n) is 4.58. The molecule has 0 radical (unpaired) electrons. The molecule has 1 atom stereocenters. The first kappa shape index (κ1) is 21.4. The topological polar surface area (TPSA) is 35.5 Å². The summed E-state index contributed by atoms with van der Waals surface area (Å²) in [7, 11) is 0. The van der Waals surface area contributed by atoms with Crippen LogP contribution >= 0.6 is 0 Å². The maximum atomic E-state index is 13.1. The van der Waals surface area contributed by atoms with E-state index in [0.717, 1.165) is 11.1 Å². The highest BCUT2D eigenvalue weighted by molar-refractivity contribution is 5.76. The lowest BCUT2D eigenvalue weighted by Gasteiger charge is -2.39. The number of hydrogen-bond acceptors (Lipinski definition) is 3. The van der Waals surface area contributed by atoms with Gasteiger partial charge in [0.2, 0.25) is 0 Å². The standard InChI is InChI=1S/C21H30O3.CH4/c1-16(2)15-18(20(3,4)5)19(22)24-21(11-13-23-14-12-21)17-9-7-6-8-10-17;/h6-10,15,18H,11-14H2,1-5H3;1H4. The fraction of sp³-hybridized carbons (Fsp3) is 0.591. The van der Waals surface area contributed by atoms with Crippen LogP contribution in [0.25, 0.3) is 0 Å². The van der Waals surface area contributed by atoms with Crippen LogP contribution in [0, 0.1) is 11.3 Å². The number of hydrogen-bond donors (Lipinski definition) is 0. The Morgan fingerprint density at radius 3 is 2.20 bits per heavy atom. The Kier molecular flexibility index (Phi) is 7.43. The second-order valence-electron chi connectivity index (χ2n) is 7.98. The molecule has 0 spiro atoms. The van der Waals surface area contributed by atoms with Crippen LogP contribution in [-0.4, -0.2) is 19.2 Å². The second kappa shape index (κ2) is 8.66. The van der Waals surface area contributed by atoms with Gasteiger partial charge in [0.15, 0.2) is 0 Å². The van der Waals surface area contributed by atoms with Crippen molar-refractivity contribution in [3.63, 3.8) is 0 Å².